The molecule has 3 nitrogen and oxygen atoms in total. The molecule has 0 heterocycles. The molecule has 0 bridgehead atoms. The van der Waals surface area contributed by atoms with Crippen LogP contribution in [0.25, 0.3) is 0 Å². The van der Waals surface area contributed by atoms with Crippen molar-refractivity contribution in [2.75, 3.05) is 6.54 Å². The summed E-state index contributed by atoms with van der Waals surface area (Å²) in [5, 5.41) is 0. The first-order chi connectivity index (χ1) is 8.12. The summed E-state index contributed by atoms with van der Waals surface area (Å²) in [6.07, 6.45) is -5.60. The first-order valence-corrected chi connectivity index (χ1v) is 7.70. The molecule has 9 heteroatoms. The van der Waals surface area contributed by atoms with Gasteiger partial charge in [-0.15, -0.1) is 0 Å². The molecule has 0 fully saturated rings. The molecule has 0 unspecified atom stereocenters. The minimum Gasteiger partial charge on any atom is -0.211 e. The molecule has 0 saturated heterocycles. The summed E-state index contributed by atoms with van der Waals surface area (Å²) in [5.74, 6) is 0. The summed E-state index contributed by atoms with van der Waals surface area (Å²) in [6, 6.07) is 4.40. The summed E-state index contributed by atoms with van der Waals surface area (Å²) >= 11 is 6.13. The predicted octanol–water partition coefficient (Wildman–Crippen LogP) is 3.44. The Morgan fingerprint density at radius 1 is 1.22 bits per heavy atom. The Morgan fingerprint density at radius 3 is 2.39 bits per heavy atom. The largest absolute Gasteiger partial charge is 0.390 e. The first kappa shape index (κ1) is 15.9. The van der Waals surface area contributed by atoms with Gasteiger partial charge in [0.1, 0.15) is 0 Å². The summed E-state index contributed by atoms with van der Waals surface area (Å²) in [5.41, 5.74) is 0. The molecule has 0 amide bonds. The average molecular weight is 411 g/mol. The molecule has 0 aliphatic carbocycles. The number of hydrogen-bond donors (Lipinski definition) is 1. The van der Waals surface area contributed by atoms with Gasteiger partial charge in [-0.2, -0.15) is 13.2 Å². The molecule has 1 rings (SSSR count). The second-order valence-corrected chi connectivity index (χ2v) is 6.84. The van der Waals surface area contributed by atoms with Crippen molar-refractivity contribution in [3.8, 4) is 0 Å². The molecule has 0 spiro atoms. The molecule has 0 atom stereocenters. The third-order valence-corrected chi connectivity index (χ3v) is 4.83. The molecule has 0 saturated carbocycles. The van der Waals surface area contributed by atoms with E-state index in [2.05, 4.69) is 31.9 Å². The van der Waals surface area contributed by atoms with Crippen molar-refractivity contribution in [3.05, 3.63) is 27.1 Å². The van der Waals surface area contributed by atoms with Gasteiger partial charge >= 0.3 is 6.18 Å². The van der Waals surface area contributed by atoms with Crippen LogP contribution in [0.3, 0.4) is 0 Å². The van der Waals surface area contributed by atoms with Gasteiger partial charge < -0.3 is 0 Å². The molecule has 0 aromatic heterocycles. The van der Waals surface area contributed by atoms with Crippen molar-refractivity contribution in [1.29, 1.82) is 0 Å². The highest BCUT2D eigenvalue weighted by atomic mass is 79.9. The lowest BCUT2D eigenvalue weighted by molar-refractivity contribution is -0.132. The van der Waals surface area contributed by atoms with Gasteiger partial charge in [-0.25, -0.2) is 13.1 Å². The van der Waals surface area contributed by atoms with Crippen molar-refractivity contribution in [2.45, 2.75) is 17.5 Å². The second-order valence-electron chi connectivity index (χ2n) is 3.34. The molecule has 18 heavy (non-hydrogen) atoms. The van der Waals surface area contributed by atoms with Gasteiger partial charge in [0, 0.05) is 15.5 Å². The van der Waals surface area contributed by atoms with E-state index in [1.807, 2.05) is 4.72 Å². The van der Waals surface area contributed by atoms with Crippen LogP contribution in [-0.2, 0) is 10.0 Å². The third-order valence-electron chi connectivity index (χ3n) is 1.88. The highest BCUT2D eigenvalue weighted by Gasteiger charge is 2.28. The predicted molar refractivity (Wildman–Crippen MR) is 67.7 cm³/mol. The average Bonchev–Trinajstić information content (AvgIpc) is 2.19. The summed E-state index contributed by atoms with van der Waals surface area (Å²) < 4.78 is 62.0. The summed E-state index contributed by atoms with van der Waals surface area (Å²) in [4.78, 5) is -0.112. The Morgan fingerprint density at radius 2 is 1.83 bits per heavy atom. The maximum absolute atomic E-state index is 11.9. The van der Waals surface area contributed by atoms with Crippen LogP contribution in [0.1, 0.15) is 6.42 Å². The van der Waals surface area contributed by atoms with Crippen LogP contribution < -0.4 is 4.72 Å². The Labute approximate surface area is 119 Å². The van der Waals surface area contributed by atoms with Gasteiger partial charge in [-0.1, -0.05) is 15.9 Å². The topological polar surface area (TPSA) is 46.2 Å². The monoisotopic (exact) mass is 409 g/mol. The Bertz CT molecular complexity index is 531. The van der Waals surface area contributed by atoms with Crippen molar-refractivity contribution in [2.24, 2.45) is 0 Å². The zero-order chi connectivity index (χ0) is 14.0. The molecule has 0 radical (unpaired) electrons. The fourth-order valence-corrected chi connectivity index (χ4v) is 3.62. The fraction of sp³-hybridized carbons (Fsp3) is 0.333. The molecule has 0 aliphatic rings. The van der Waals surface area contributed by atoms with Crippen molar-refractivity contribution >= 4 is 41.9 Å². The van der Waals surface area contributed by atoms with E-state index >= 15 is 0 Å². The lowest BCUT2D eigenvalue weighted by Gasteiger charge is -2.10. The normalized spacial score (nSPS) is 12.7. The quantitative estimate of drug-likeness (QED) is 0.826. The van der Waals surface area contributed by atoms with Crippen LogP contribution in [0.5, 0.6) is 0 Å². The van der Waals surface area contributed by atoms with Gasteiger partial charge in [0.2, 0.25) is 10.0 Å². The van der Waals surface area contributed by atoms with E-state index < -0.39 is 29.2 Å². The van der Waals surface area contributed by atoms with E-state index in [9.17, 15) is 21.6 Å². The number of alkyl halides is 3. The standard InChI is InChI=1S/C9H8Br2F3NO2S/c10-6-1-2-7(11)8(5-6)18(16,17)15-4-3-9(12,13)14/h1-2,5,15H,3-4H2. The minimum absolute atomic E-state index is 0.112. The SMILES string of the molecule is O=S(=O)(NCCC(F)(F)F)c1cc(Br)ccc1Br. The first-order valence-electron chi connectivity index (χ1n) is 4.63. The highest BCUT2D eigenvalue weighted by molar-refractivity contribution is 9.11. The van der Waals surface area contributed by atoms with Crippen LogP contribution in [-0.4, -0.2) is 21.1 Å². The maximum Gasteiger partial charge on any atom is 0.390 e. The summed E-state index contributed by atoms with van der Waals surface area (Å²) in [6.45, 7) is -0.690. The van der Waals surface area contributed by atoms with Crippen LogP contribution >= 0.6 is 31.9 Å². The van der Waals surface area contributed by atoms with Gasteiger partial charge in [-0.3, -0.25) is 0 Å². The van der Waals surface area contributed by atoms with Crippen molar-refractivity contribution in [3.63, 3.8) is 0 Å². The zero-order valence-corrected chi connectivity index (χ0v) is 12.7. The van der Waals surface area contributed by atoms with Crippen LogP contribution in [0.4, 0.5) is 13.2 Å². The maximum atomic E-state index is 11.9. The number of rotatable bonds is 4. The Kier molecular flexibility index (Phi) is 5.22. The molecular formula is C9H8Br2F3NO2S. The number of nitrogens with one attached hydrogen (secondary N) is 1. The van der Waals surface area contributed by atoms with Gasteiger partial charge in [0.25, 0.3) is 0 Å². The highest BCUT2D eigenvalue weighted by Crippen LogP contribution is 2.26. The minimum atomic E-state index is -4.39. The van der Waals surface area contributed by atoms with E-state index in [0.717, 1.165) is 0 Å². The van der Waals surface area contributed by atoms with E-state index in [0.29, 0.717) is 4.47 Å². The Balaban J connectivity index is 2.84. The van der Waals surface area contributed by atoms with Crippen molar-refractivity contribution < 1.29 is 21.6 Å². The van der Waals surface area contributed by atoms with E-state index in [1.165, 1.54) is 12.1 Å². The zero-order valence-electron chi connectivity index (χ0n) is 8.76. The lowest BCUT2D eigenvalue weighted by atomic mass is 10.4. The molecule has 102 valence electrons. The second kappa shape index (κ2) is 5.89. The smallest absolute Gasteiger partial charge is 0.211 e. The Hall–Kier alpha value is -0.120. The van der Waals surface area contributed by atoms with E-state index in [1.54, 1.807) is 6.07 Å². The fourth-order valence-electron chi connectivity index (χ4n) is 1.09. The number of halogens is 5. The van der Waals surface area contributed by atoms with Gasteiger partial charge in [-0.05, 0) is 34.1 Å². The van der Waals surface area contributed by atoms with Crippen LogP contribution in [0, 0.1) is 0 Å². The number of hydrogen-bond acceptors (Lipinski definition) is 2. The van der Waals surface area contributed by atoms with Crippen molar-refractivity contribution in [1.82, 2.24) is 4.72 Å². The van der Waals surface area contributed by atoms with E-state index in [4.69, 9.17) is 0 Å². The van der Waals surface area contributed by atoms with Crippen LogP contribution in [0.15, 0.2) is 32.0 Å². The molecule has 0 aliphatic heterocycles. The van der Waals surface area contributed by atoms with Gasteiger partial charge in [0.15, 0.2) is 0 Å². The number of sulfonamides is 1. The lowest BCUT2D eigenvalue weighted by Crippen LogP contribution is -2.28. The van der Waals surface area contributed by atoms with E-state index in [-0.39, 0.29) is 9.37 Å². The third kappa shape index (κ3) is 4.87. The molecule has 1 N–H and O–H groups in total. The number of benzene rings is 1. The summed E-state index contributed by atoms with van der Waals surface area (Å²) in [7, 11) is -3.96. The molecular weight excluding hydrogens is 403 g/mol. The van der Waals surface area contributed by atoms with Gasteiger partial charge in [0.05, 0.1) is 11.3 Å². The molecule has 1 aromatic carbocycles. The molecule has 1 aromatic rings. The van der Waals surface area contributed by atoms with Crippen LogP contribution in [0.2, 0.25) is 0 Å².